The Balaban J connectivity index is 1.68. The van der Waals surface area contributed by atoms with Gasteiger partial charge in [0, 0.05) is 11.2 Å². The molecule has 1 saturated heterocycles. The van der Waals surface area contributed by atoms with Crippen LogP contribution in [-0.2, 0) is 9.59 Å². The number of hydrogen-bond acceptors (Lipinski definition) is 3. The van der Waals surface area contributed by atoms with Crippen molar-refractivity contribution in [2.45, 2.75) is 64.1 Å². The Labute approximate surface area is 231 Å². The summed E-state index contributed by atoms with van der Waals surface area (Å²) >= 11 is 0. The van der Waals surface area contributed by atoms with Crippen LogP contribution in [0.15, 0.2) is 84.9 Å². The first-order valence-corrected chi connectivity index (χ1v) is 13.4. The smallest absolute Gasteiger partial charge is 0.319 e. The van der Waals surface area contributed by atoms with Gasteiger partial charge in [-0.2, -0.15) is 0 Å². The Morgan fingerprint density at radius 1 is 0.872 bits per heavy atom. The molecule has 4 rings (SSSR count). The van der Waals surface area contributed by atoms with Gasteiger partial charge in [0.05, 0.1) is 6.04 Å². The number of benzene rings is 3. The van der Waals surface area contributed by atoms with Crippen LogP contribution in [0.3, 0.4) is 0 Å². The number of carbonyl (C=O) groups excluding carboxylic acids is 3. The van der Waals surface area contributed by atoms with Gasteiger partial charge in [-0.15, -0.1) is 0 Å². The van der Waals surface area contributed by atoms with Crippen LogP contribution in [-0.4, -0.2) is 40.9 Å². The molecule has 0 bridgehead atoms. The summed E-state index contributed by atoms with van der Waals surface area (Å²) in [5, 5.41) is 8.77. The Bertz CT molecular complexity index is 1290. The second kappa shape index (κ2) is 12.2. The lowest BCUT2D eigenvalue weighted by atomic mass is 9.86. The molecule has 3 N–H and O–H groups in total. The van der Waals surface area contributed by atoms with Crippen molar-refractivity contribution in [2.24, 2.45) is 0 Å². The SMILES string of the molecule is Cc1cccc(NC(=O)N[C@H]2C[C@H](c3ccccc3)C[C@H](c3ccccc3)N(CC(=O)NC(C)(C)C)C2=O)c1. The van der Waals surface area contributed by atoms with Gasteiger partial charge in [-0.25, -0.2) is 4.79 Å². The minimum Gasteiger partial charge on any atom is -0.350 e. The lowest BCUT2D eigenvalue weighted by Gasteiger charge is -2.33. The third-order valence-corrected chi connectivity index (χ3v) is 6.85. The molecule has 1 aliphatic heterocycles. The summed E-state index contributed by atoms with van der Waals surface area (Å²) in [5.41, 5.74) is 3.28. The van der Waals surface area contributed by atoms with E-state index in [1.165, 1.54) is 0 Å². The van der Waals surface area contributed by atoms with E-state index in [2.05, 4.69) is 28.1 Å². The van der Waals surface area contributed by atoms with Gasteiger partial charge in [0.1, 0.15) is 12.6 Å². The average Bonchev–Trinajstić information content (AvgIpc) is 3.01. The second-order valence-electron chi connectivity index (χ2n) is 11.3. The van der Waals surface area contributed by atoms with E-state index >= 15 is 0 Å². The van der Waals surface area contributed by atoms with Gasteiger partial charge >= 0.3 is 6.03 Å². The summed E-state index contributed by atoms with van der Waals surface area (Å²) in [6.07, 6.45) is 1.05. The summed E-state index contributed by atoms with van der Waals surface area (Å²) in [6.45, 7) is 7.58. The highest BCUT2D eigenvalue weighted by Crippen LogP contribution is 2.39. The number of amides is 4. The lowest BCUT2D eigenvalue weighted by Crippen LogP contribution is -2.53. The second-order valence-corrected chi connectivity index (χ2v) is 11.3. The number of urea groups is 1. The number of anilines is 1. The monoisotopic (exact) mass is 526 g/mol. The fourth-order valence-electron chi connectivity index (χ4n) is 5.19. The summed E-state index contributed by atoms with van der Waals surface area (Å²) in [7, 11) is 0. The average molecular weight is 527 g/mol. The van der Waals surface area contributed by atoms with Crippen LogP contribution in [0.25, 0.3) is 0 Å². The molecule has 1 fully saturated rings. The Morgan fingerprint density at radius 2 is 1.51 bits per heavy atom. The molecule has 1 heterocycles. The molecule has 1 aliphatic rings. The van der Waals surface area contributed by atoms with E-state index in [0.717, 1.165) is 16.7 Å². The fourth-order valence-corrected chi connectivity index (χ4v) is 5.19. The molecule has 3 atom stereocenters. The van der Waals surface area contributed by atoms with Crippen LogP contribution in [0.4, 0.5) is 10.5 Å². The number of nitrogens with one attached hydrogen (secondary N) is 3. The zero-order valence-corrected chi connectivity index (χ0v) is 23.1. The van der Waals surface area contributed by atoms with Crippen molar-refractivity contribution in [1.82, 2.24) is 15.5 Å². The quantitative estimate of drug-likeness (QED) is 0.394. The van der Waals surface area contributed by atoms with Gasteiger partial charge < -0.3 is 20.9 Å². The molecule has 0 radical (unpaired) electrons. The van der Waals surface area contributed by atoms with E-state index in [0.29, 0.717) is 18.5 Å². The van der Waals surface area contributed by atoms with Gasteiger partial charge in [-0.3, -0.25) is 9.59 Å². The van der Waals surface area contributed by atoms with Crippen molar-refractivity contribution in [1.29, 1.82) is 0 Å². The fraction of sp³-hybridized carbons (Fsp3) is 0.344. The van der Waals surface area contributed by atoms with Crippen molar-refractivity contribution in [2.75, 3.05) is 11.9 Å². The van der Waals surface area contributed by atoms with E-state index < -0.39 is 17.6 Å². The first-order valence-electron chi connectivity index (χ1n) is 13.4. The molecule has 204 valence electrons. The molecule has 7 heteroatoms. The molecule has 4 amide bonds. The first kappa shape index (κ1) is 27.9. The Morgan fingerprint density at radius 3 is 2.13 bits per heavy atom. The standard InChI is InChI=1S/C32H38N4O3/c1-22-12-11-17-26(18-22)33-31(39)34-27-19-25(23-13-7-5-8-14-23)20-28(24-15-9-6-10-16-24)36(30(27)38)21-29(37)35-32(2,3)4/h5-18,25,27-28H,19-21H2,1-4H3,(H,35,37)(H2,33,34,39)/t25-,27-,28+/m0/s1. The van der Waals surface area contributed by atoms with Crippen LogP contribution in [0.2, 0.25) is 0 Å². The number of rotatable bonds is 6. The molecule has 3 aromatic carbocycles. The van der Waals surface area contributed by atoms with Crippen molar-refractivity contribution >= 4 is 23.5 Å². The van der Waals surface area contributed by atoms with Gasteiger partial charge in [0.25, 0.3) is 0 Å². The highest BCUT2D eigenvalue weighted by Gasteiger charge is 2.40. The van der Waals surface area contributed by atoms with Crippen molar-refractivity contribution < 1.29 is 14.4 Å². The number of nitrogens with zero attached hydrogens (tertiary/aromatic N) is 1. The zero-order valence-electron chi connectivity index (χ0n) is 23.1. The highest BCUT2D eigenvalue weighted by atomic mass is 16.2. The predicted octanol–water partition coefficient (Wildman–Crippen LogP) is 5.55. The maximum atomic E-state index is 14.2. The van der Waals surface area contributed by atoms with E-state index in [9.17, 15) is 14.4 Å². The Kier molecular flexibility index (Phi) is 8.69. The van der Waals surface area contributed by atoms with Crippen molar-refractivity contribution in [3.05, 3.63) is 102 Å². The highest BCUT2D eigenvalue weighted by molar-refractivity contribution is 5.95. The topological polar surface area (TPSA) is 90.5 Å². The lowest BCUT2D eigenvalue weighted by molar-refractivity contribution is -0.139. The van der Waals surface area contributed by atoms with E-state index in [1.807, 2.05) is 100 Å². The first-order chi connectivity index (χ1) is 18.6. The third kappa shape index (κ3) is 7.69. The van der Waals surface area contributed by atoms with Crippen molar-refractivity contribution in [3.8, 4) is 0 Å². The molecule has 0 unspecified atom stereocenters. The molecule has 0 aromatic heterocycles. The van der Waals surface area contributed by atoms with Crippen molar-refractivity contribution in [3.63, 3.8) is 0 Å². The zero-order chi connectivity index (χ0) is 28.0. The predicted molar refractivity (Wildman–Crippen MR) is 154 cm³/mol. The summed E-state index contributed by atoms with van der Waals surface area (Å²) in [4.78, 5) is 42.0. The van der Waals surface area contributed by atoms with Gasteiger partial charge in [0.15, 0.2) is 0 Å². The maximum absolute atomic E-state index is 14.2. The van der Waals surface area contributed by atoms with Gasteiger partial charge in [-0.1, -0.05) is 72.8 Å². The Hall–Kier alpha value is -4.13. The van der Waals surface area contributed by atoms with Gasteiger partial charge in [-0.05, 0) is 75.3 Å². The van der Waals surface area contributed by atoms with E-state index in [-0.39, 0.29) is 30.3 Å². The van der Waals surface area contributed by atoms with Gasteiger partial charge in [0.2, 0.25) is 11.8 Å². The summed E-state index contributed by atoms with van der Waals surface area (Å²) < 4.78 is 0. The van der Waals surface area contributed by atoms with Crippen LogP contribution >= 0.6 is 0 Å². The molecular formula is C32H38N4O3. The van der Waals surface area contributed by atoms with Crippen LogP contribution < -0.4 is 16.0 Å². The van der Waals surface area contributed by atoms with E-state index in [4.69, 9.17) is 0 Å². The summed E-state index contributed by atoms with van der Waals surface area (Å²) in [5.74, 6) is -0.524. The largest absolute Gasteiger partial charge is 0.350 e. The summed E-state index contributed by atoms with van der Waals surface area (Å²) in [6, 6.07) is 25.8. The minimum absolute atomic E-state index is 0.0136. The number of hydrogen-bond donors (Lipinski definition) is 3. The molecule has 3 aromatic rings. The number of carbonyl (C=O) groups is 3. The number of likely N-dealkylation sites (tertiary alicyclic amines) is 1. The molecule has 0 aliphatic carbocycles. The molecule has 0 saturated carbocycles. The third-order valence-electron chi connectivity index (χ3n) is 6.85. The number of aryl methyl sites for hydroxylation is 1. The minimum atomic E-state index is -0.809. The van der Waals surface area contributed by atoms with E-state index in [1.54, 1.807) is 4.90 Å². The molecular weight excluding hydrogens is 488 g/mol. The van der Waals surface area contributed by atoms with Crippen LogP contribution in [0.1, 0.15) is 62.3 Å². The molecule has 7 nitrogen and oxygen atoms in total. The molecule has 39 heavy (non-hydrogen) atoms. The van der Waals surface area contributed by atoms with Crippen LogP contribution in [0, 0.1) is 6.92 Å². The normalized spacial score (nSPS) is 19.6. The van der Waals surface area contributed by atoms with Crippen LogP contribution in [0.5, 0.6) is 0 Å². The maximum Gasteiger partial charge on any atom is 0.319 e. The molecule has 0 spiro atoms.